The van der Waals surface area contributed by atoms with Crippen LogP contribution in [0.1, 0.15) is 63.3 Å². The molecule has 0 radical (unpaired) electrons. The smallest absolute Gasteiger partial charge is 0.407 e. The van der Waals surface area contributed by atoms with Crippen LogP contribution in [-0.4, -0.2) is 129 Å². The number of rotatable bonds is 11. The zero-order valence-corrected chi connectivity index (χ0v) is 33.5. The van der Waals surface area contributed by atoms with E-state index in [0.29, 0.717) is 63.6 Å². The lowest BCUT2D eigenvalue weighted by Crippen LogP contribution is -2.55. The van der Waals surface area contributed by atoms with Gasteiger partial charge in [-0.1, -0.05) is 62.4 Å². The van der Waals surface area contributed by atoms with E-state index >= 15 is 0 Å². The van der Waals surface area contributed by atoms with Gasteiger partial charge in [-0.15, -0.1) is 0 Å². The van der Waals surface area contributed by atoms with Crippen molar-refractivity contribution in [2.24, 2.45) is 11.8 Å². The minimum atomic E-state index is -1.24. The number of benzene rings is 2. The molecule has 5 heterocycles. The lowest BCUT2D eigenvalue weighted by atomic mass is 9.90. The Labute approximate surface area is 337 Å². The first-order chi connectivity index (χ1) is 27.9. The first-order valence-electron chi connectivity index (χ1n) is 19.7. The minimum absolute atomic E-state index is 0.0702. The van der Waals surface area contributed by atoms with Crippen LogP contribution in [0, 0.1) is 11.8 Å². The van der Waals surface area contributed by atoms with Crippen molar-refractivity contribution in [2.45, 2.75) is 63.7 Å². The maximum Gasteiger partial charge on any atom is 0.407 e. The Morgan fingerprint density at radius 1 is 0.741 bits per heavy atom. The average Bonchev–Trinajstić information content (AvgIpc) is 4.06. The molecule has 0 unspecified atom stereocenters. The van der Waals surface area contributed by atoms with Gasteiger partial charge < -0.3 is 35.2 Å². The molecular weight excluding hydrogens is 745 g/mol. The van der Waals surface area contributed by atoms with Crippen molar-refractivity contribution in [2.75, 3.05) is 47.5 Å². The Hall–Kier alpha value is -5.78. The largest absolute Gasteiger partial charge is 0.465 e. The Bertz CT molecular complexity index is 2080. The Morgan fingerprint density at radius 2 is 1.21 bits per heavy atom. The average molecular weight is 797 g/mol. The van der Waals surface area contributed by atoms with Crippen LogP contribution in [0.4, 0.5) is 9.59 Å². The Morgan fingerprint density at radius 3 is 1.66 bits per heavy atom. The Balaban J connectivity index is 1.02. The normalized spacial score (nSPS) is 20.3. The first kappa shape index (κ1) is 40.4. The fraction of sp³-hybridized carbons (Fsp3) is 0.463. The number of nitrogens with one attached hydrogen (secondary N) is 4. The van der Waals surface area contributed by atoms with Gasteiger partial charge in [-0.2, -0.15) is 0 Å². The molecule has 3 aliphatic rings. The summed E-state index contributed by atoms with van der Waals surface area (Å²) in [5.41, 5.74) is 5.59. The number of methoxy groups -OCH3 is 1. The number of ether oxygens (including phenoxy) is 2. The molecule has 2 aromatic heterocycles. The second kappa shape index (κ2) is 17.4. The van der Waals surface area contributed by atoms with Crippen molar-refractivity contribution in [3.8, 4) is 33.6 Å². The highest BCUT2D eigenvalue weighted by Gasteiger charge is 2.43. The summed E-state index contributed by atoms with van der Waals surface area (Å²) in [6.07, 6.45) is 4.35. The van der Waals surface area contributed by atoms with Crippen molar-refractivity contribution < 1.29 is 33.8 Å². The number of aromatic amines is 2. The highest BCUT2D eigenvalue weighted by molar-refractivity contribution is 5.87. The van der Waals surface area contributed by atoms with Crippen LogP contribution in [0.5, 0.6) is 0 Å². The van der Waals surface area contributed by atoms with Gasteiger partial charge >= 0.3 is 12.2 Å². The van der Waals surface area contributed by atoms with E-state index in [-0.39, 0.29) is 35.7 Å². The van der Waals surface area contributed by atoms with Crippen molar-refractivity contribution in [1.82, 2.24) is 50.6 Å². The van der Waals surface area contributed by atoms with Crippen molar-refractivity contribution in [3.05, 3.63) is 72.6 Å². The summed E-state index contributed by atoms with van der Waals surface area (Å²) in [6, 6.07) is 14.0. The van der Waals surface area contributed by atoms with E-state index in [9.17, 15) is 24.3 Å². The molecule has 4 atom stereocenters. The lowest BCUT2D eigenvalue weighted by molar-refractivity contribution is -0.151. The van der Waals surface area contributed by atoms with E-state index in [2.05, 4.69) is 37.7 Å². The molecular formula is C41H52N10O7. The number of nitrogens with zero attached hydrogens (tertiary/aromatic N) is 6. The molecule has 0 spiro atoms. The molecule has 4 aromatic rings. The molecule has 58 heavy (non-hydrogen) atoms. The zero-order valence-electron chi connectivity index (χ0n) is 33.5. The fourth-order valence-electron chi connectivity index (χ4n) is 8.24. The van der Waals surface area contributed by atoms with E-state index < -0.39 is 24.3 Å². The molecule has 308 valence electrons. The van der Waals surface area contributed by atoms with Gasteiger partial charge in [0.1, 0.15) is 35.8 Å². The van der Waals surface area contributed by atoms with E-state index in [4.69, 9.17) is 14.5 Å². The Kier molecular flexibility index (Phi) is 12.1. The number of carboxylic acid groups (broad SMARTS) is 1. The van der Waals surface area contributed by atoms with E-state index in [1.54, 1.807) is 22.4 Å². The second-order valence-electron chi connectivity index (χ2n) is 15.5. The fourth-order valence-corrected chi connectivity index (χ4v) is 8.24. The standard InChI is InChI=1S/C41H52N10O7/c1-24(2)34(46-40(54)55)38(52)50-32(14-18-48(50)3)36-42-22-30(44-36)27-10-6-25(7-11-27)26-8-12-28(13-9-26)31-23-43-37(45-31)33-15-19-49(4)51(33)39(53)35(47-41(56)57-5)29-16-20-58-21-17-29/h6-13,22-24,29,32-35,46H,14-21H2,1-5H3,(H,42,44)(H,43,45)(H,47,56)(H,54,55)/t32-,33-,34-,35-/m0/s1. The van der Waals surface area contributed by atoms with Crippen molar-refractivity contribution in [3.63, 3.8) is 0 Å². The SMILES string of the molecule is COC(=O)N[C@H](C(=O)N1[C@H](c2ncc(-c3ccc(-c4ccc(-c5cnc([C@@H]6CCN(C)N6C(=O)[C@@H](NC(=O)O)C(C)C)[nH]5)cc4)cc3)[nH]2)CCN1C)C1CCOCC1. The van der Waals surface area contributed by atoms with E-state index in [1.807, 2.05) is 74.4 Å². The summed E-state index contributed by atoms with van der Waals surface area (Å²) in [6.45, 7) is 5.99. The van der Waals surface area contributed by atoms with Crippen LogP contribution in [0.2, 0.25) is 0 Å². The number of hydrazine groups is 2. The molecule has 5 N–H and O–H groups in total. The van der Waals surface area contributed by atoms with Crippen LogP contribution in [0.15, 0.2) is 60.9 Å². The van der Waals surface area contributed by atoms with E-state index in [1.165, 1.54) is 7.11 Å². The molecule has 0 saturated carbocycles. The van der Waals surface area contributed by atoms with Gasteiger partial charge in [0, 0.05) is 40.4 Å². The number of imidazole rings is 2. The monoisotopic (exact) mass is 796 g/mol. The predicted molar refractivity (Wildman–Crippen MR) is 213 cm³/mol. The molecule has 17 nitrogen and oxygen atoms in total. The number of alkyl carbamates (subject to hydrolysis) is 1. The summed E-state index contributed by atoms with van der Waals surface area (Å²) in [4.78, 5) is 67.6. The number of hydrogen-bond acceptors (Lipinski definition) is 10. The highest BCUT2D eigenvalue weighted by Crippen LogP contribution is 2.35. The highest BCUT2D eigenvalue weighted by atomic mass is 16.5. The molecule has 17 heteroatoms. The molecule has 2 aromatic carbocycles. The van der Waals surface area contributed by atoms with Gasteiger partial charge in [-0.25, -0.2) is 29.6 Å². The number of carbonyl (C=O) groups excluding carboxylic acids is 3. The summed E-state index contributed by atoms with van der Waals surface area (Å²) < 4.78 is 10.4. The number of amides is 4. The minimum Gasteiger partial charge on any atom is -0.465 e. The van der Waals surface area contributed by atoms with Crippen LogP contribution in [-0.2, 0) is 19.1 Å². The lowest BCUT2D eigenvalue weighted by Gasteiger charge is -2.36. The molecule has 7 rings (SSSR count). The summed E-state index contributed by atoms with van der Waals surface area (Å²) in [5.74, 6) is 0.506. The molecule has 4 amide bonds. The predicted octanol–water partition coefficient (Wildman–Crippen LogP) is 4.82. The van der Waals surface area contributed by atoms with Crippen LogP contribution in [0.25, 0.3) is 33.6 Å². The second-order valence-corrected chi connectivity index (χ2v) is 15.5. The maximum atomic E-state index is 14.1. The quantitative estimate of drug-likeness (QED) is 0.139. The maximum absolute atomic E-state index is 14.1. The summed E-state index contributed by atoms with van der Waals surface area (Å²) in [7, 11) is 4.99. The third kappa shape index (κ3) is 8.42. The number of aromatic nitrogens is 4. The zero-order chi connectivity index (χ0) is 41.1. The molecule has 0 bridgehead atoms. The molecule has 3 fully saturated rings. The summed E-state index contributed by atoms with van der Waals surface area (Å²) >= 11 is 0. The molecule has 0 aliphatic carbocycles. The van der Waals surface area contributed by atoms with Crippen molar-refractivity contribution in [1.29, 1.82) is 0 Å². The molecule has 3 saturated heterocycles. The van der Waals surface area contributed by atoms with Gasteiger partial charge in [0.15, 0.2) is 0 Å². The number of hydrogen-bond donors (Lipinski definition) is 5. The third-order valence-electron chi connectivity index (χ3n) is 11.5. The van der Waals surface area contributed by atoms with Gasteiger partial charge in [0.2, 0.25) is 0 Å². The summed E-state index contributed by atoms with van der Waals surface area (Å²) in [5, 5.41) is 21.6. The van der Waals surface area contributed by atoms with Crippen molar-refractivity contribution >= 4 is 24.0 Å². The topological polar surface area (TPSA) is 201 Å². The van der Waals surface area contributed by atoms with Gasteiger partial charge in [0.25, 0.3) is 11.8 Å². The van der Waals surface area contributed by atoms with Crippen LogP contribution in [0.3, 0.4) is 0 Å². The van der Waals surface area contributed by atoms with Crippen LogP contribution < -0.4 is 10.6 Å². The van der Waals surface area contributed by atoms with Gasteiger partial charge in [-0.05, 0) is 59.8 Å². The van der Waals surface area contributed by atoms with E-state index in [0.717, 1.165) is 33.6 Å². The van der Waals surface area contributed by atoms with Crippen LogP contribution >= 0.6 is 0 Å². The first-order valence-corrected chi connectivity index (χ1v) is 19.7. The molecule has 3 aliphatic heterocycles. The number of carbonyl (C=O) groups is 4. The third-order valence-corrected chi connectivity index (χ3v) is 11.5. The number of H-pyrrole nitrogens is 2. The van der Waals surface area contributed by atoms with Gasteiger partial charge in [0.05, 0.1) is 30.9 Å². The van der Waals surface area contributed by atoms with Gasteiger partial charge in [-0.3, -0.25) is 19.6 Å².